The molecule has 0 radical (unpaired) electrons. The molecule has 1 aliphatic rings. The molecule has 19 heavy (non-hydrogen) atoms. The first kappa shape index (κ1) is 14.2. The first-order valence-corrected chi connectivity index (χ1v) is 7.23. The van der Waals surface area contributed by atoms with Crippen molar-refractivity contribution < 1.29 is 9.47 Å². The second kappa shape index (κ2) is 6.29. The molecule has 0 atom stereocenters. The molecule has 1 fully saturated rings. The number of aryl methyl sites for hydroxylation is 1. The predicted molar refractivity (Wildman–Crippen MR) is 78.1 cm³/mol. The molecule has 3 nitrogen and oxygen atoms in total. The van der Waals surface area contributed by atoms with Crippen LogP contribution < -0.4 is 14.8 Å². The number of rotatable bonds is 7. The SMILES string of the molecule is CCNCCC1(Oc2ccc(C)cc2OC)CCC1. The highest BCUT2D eigenvalue weighted by atomic mass is 16.5. The van der Waals surface area contributed by atoms with Gasteiger partial charge in [-0.25, -0.2) is 0 Å². The van der Waals surface area contributed by atoms with E-state index >= 15 is 0 Å². The summed E-state index contributed by atoms with van der Waals surface area (Å²) in [6.45, 7) is 6.24. The van der Waals surface area contributed by atoms with Crippen molar-refractivity contribution in [2.24, 2.45) is 0 Å². The van der Waals surface area contributed by atoms with Crippen LogP contribution in [-0.2, 0) is 0 Å². The lowest BCUT2D eigenvalue weighted by atomic mass is 9.77. The van der Waals surface area contributed by atoms with Crippen LogP contribution in [0.25, 0.3) is 0 Å². The van der Waals surface area contributed by atoms with Crippen molar-refractivity contribution in [3.05, 3.63) is 23.8 Å². The Balaban J connectivity index is 2.05. The first-order valence-electron chi connectivity index (χ1n) is 7.23. The van der Waals surface area contributed by atoms with Crippen molar-refractivity contribution in [2.45, 2.75) is 45.1 Å². The molecule has 3 heteroatoms. The van der Waals surface area contributed by atoms with Crippen LogP contribution in [0.1, 0.15) is 38.2 Å². The molecule has 0 amide bonds. The molecule has 0 aliphatic heterocycles. The second-order valence-corrected chi connectivity index (χ2v) is 5.40. The lowest BCUT2D eigenvalue weighted by molar-refractivity contribution is -0.0159. The third kappa shape index (κ3) is 3.41. The van der Waals surface area contributed by atoms with Crippen LogP contribution in [0.4, 0.5) is 0 Å². The summed E-state index contributed by atoms with van der Waals surface area (Å²) in [6.07, 6.45) is 4.63. The third-order valence-corrected chi connectivity index (χ3v) is 3.92. The van der Waals surface area contributed by atoms with Crippen LogP contribution in [0.5, 0.6) is 11.5 Å². The van der Waals surface area contributed by atoms with Gasteiger partial charge in [0.2, 0.25) is 0 Å². The van der Waals surface area contributed by atoms with Gasteiger partial charge in [0.05, 0.1) is 7.11 Å². The van der Waals surface area contributed by atoms with Gasteiger partial charge in [-0.2, -0.15) is 0 Å². The fourth-order valence-corrected chi connectivity index (χ4v) is 2.56. The summed E-state index contributed by atoms with van der Waals surface area (Å²) >= 11 is 0. The van der Waals surface area contributed by atoms with Crippen molar-refractivity contribution >= 4 is 0 Å². The monoisotopic (exact) mass is 263 g/mol. The van der Waals surface area contributed by atoms with Gasteiger partial charge in [0, 0.05) is 0 Å². The average molecular weight is 263 g/mol. The summed E-state index contributed by atoms with van der Waals surface area (Å²) < 4.78 is 11.7. The number of ether oxygens (including phenoxy) is 2. The van der Waals surface area contributed by atoms with Crippen molar-refractivity contribution in [1.82, 2.24) is 5.32 Å². The van der Waals surface area contributed by atoms with Gasteiger partial charge in [-0.1, -0.05) is 13.0 Å². The van der Waals surface area contributed by atoms with Crippen molar-refractivity contribution in [2.75, 3.05) is 20.2 Å². The van der Waals surface area contributed by atoms with Gasteiger partial charge in [0.25, 0.3) is 0 Å². The van der Waals surface area contributed by atoms with Crippen LogP contribution in [0, 0.1) is 6.92 Å². The minimum absolute atomic E-state index is 0.0186. The Morgan fingerprint density at radius 2 is 2.05 bits per heavy atom. The molecule has 1 aromatic rings. The van der Waals surface area contributed by atoms with E-state index in [-0.39, 0.29) is 5.60 Å². The Morgan fingerprint density at radius 1 is 1.26 bits per heavy atom. The van der Waals surface area contributed by atoms with Crippen LogP contribution in [0.15, 0.2) is 18.2 Å². The Bertz CT molecular complexity index is 413. The molecule has 1 N–H and O–H groups in total. The van der Waals surface area contributed by atoms with Gasteiger partial charge in [0.15, 0.2) is 11.5 Å². The van der Waals surface area contributed by atoms with Crippen molar-refractivity contribution in [1.29, 1.82) is 0 Å². The van der Waals surface area contributed by atoms with Crippen LogP contribution in [0.2, 0.25) is 0 Å². The standard InChI is InChI=1S/C16H25NO2/c1-4-17-11-10-16(8-5-9-16)19-14-7-6-13(2)12-15(14)18-3/h6-7,12,17H,4-5,8-11H2,1-3H3. The maximum absolute atomic E-state index is 6.30. The van der Waals surface area contributed by atoms with E-state index in [1.165, 1.54) is 12.0 Å². The summed E-state index contributed by atoms with van der Waals surface area (Å²) in [7, 11) is 1.70. The normalized spacial score (nSPS) is 16.8. The van der Waals surface area contributed by atoms with Gasteiger partial charge in [0.1, 0.15) is 5.60 Å². The molecule has 0 unspecified atom stereocenters. The molecule has 2 rings (SSSR count). The van der Waals surface area contributed by atoms with Crippen molar-refractivity contribution in [3.63, 3.8) is 0 Å². The van der Waals surface area contributed by atoms with Gasteiger partial charge in [-0.15, -0.1) is 0 Å². The molecular formula is C16H25NO2. The topological polar surface area (TPSA) is 30.5 Å². The third-order valence-electron chi connectivity index (χ3n) is 3.92. The van der Waals surface area contributed by atoms with Gasteiger partial charge in [-0.05, 0) is 63.4 Å². The minimum atomic E-state index is 0.0186. The fraction of sp³-hybridized carbons (Fsp3) is 0.625. The number of hydrogen-bond acceptors (Lipinski definition) is 3. The molecule has 0 aromatic heterocycles. The predicted octanol–water partition coefficient (Wildman–Crippen LogP) is 3.30. The second-order valence-electron chi connectivity index (χ2n) is 5.40. The zero-order chi connectivity index (χ0) is 13.7. The Labute approximate surface area is 116 Å². The Morgan fingerprint density at radius 3 is 2.63 bits per heavy atom. The first-order chi connectivity index (χ1) is 9.19. The summed E-state index contributed by atoms with van der Waals surface area (Å²) in [5.41, 5.74) is 1.21. The zero-order valence-electron chi connectivity index (χ0n) is 12.3. The lowest BCUT2D eigenvalue weighted by Crippen LogP contribution is -2.45. The smallest absolute Gasteiger partial charge is 0.162 e. The molecular weight excluding hydrogens is 238 g/mol. The maximum atomic E-state index is 6.30. The fourth-order valence-electron chi connectivity index (χ4n) is 2.56. The maximum Gasteiger partial charge on any atom is 0.162 e. The van der Waals surface area contributed by atoms with E-state index in [1.54, 1.807) is 7.11 Å². The van der Waals surface area contributed by atoms with Crippen LogP contribution in [-0.4, -0.2) is 25.8 Å². The number of benzene rings is 1. The van der Waals surface area contributed by atoms with E-state index in [0.717, 1.165) is 43.9 Å². The lowest BCUT2D eigenvalue weighted by Gasteiger charge is -2.42. The number of methoxy groups -OCH3 is 1. The van der Waals surface area contributed by atoms with E-state index < -0.39 is 0 Å². The highest BCUT2D eigenvalue weighted by Gasteiger charge is 2.39. The van der Waals surface area contributed by atoms with E-state index in [1.807, 2.05) is 12.1 Å². The molecule has 106 valence electrons. The summed E-state index contributed by atoms with van der Waals surface area (Å²) in [5, 5.41) is 3.38. The van der Waals surface area contributed by atoms with Gasteiger partial charge >= 0.3 is 0 Å². The Hall–Kier alpha value is -1.22. The van der Waals surface area contributed by atoms with Crippen molar-refractivity contribution in [3.8, 4) is 11.5 Å². The average Bonchev–Trinajstić information content (AvgIpc) is 2.37. The summed E-state index contributed by atoms with van der Waals surface area (Å²) in [6, 6.07) is 6.14. The van der Waals surface area contributed by atoms with Crippen LogP contribution in [0.3, 0.4) is 0 Å². The molecule has 0 spiro atoms. The highest BCUT2D eigenvalue weighted by Crippen LogP contribution is 2.42. The quantitative estimate of drug-likeness (QED) is 0.766. The molecule has 0 heterocycles. The van der Waals surface area contributed by atoms with E-state index in [2.05, 4.69) is 25.2 Å². The summed E-state index contributed by atoms with van der Waals surface area (Å²) in [4.78, 5) is 0. The molecule has 0 bridgehead atoms. The van der Waals surface area contributed by atoms with E-state index in [0.29, 0.717) is 0 Å². The molecule has 1 saturated carbocycles. The molecule has 1 aliphatic carbocycles. The zero-order valence-corrected chi connectivity index (χ0v) is 12.3. The number of nitrogens with one attached hydrogen (secondary N) is 1. The highest BCUT2D eigenvalue weighted by molar-refractivity contribution is 5.43. The van der Waals surface area contributed by atoms with E-state index in [4.69, 9.17) is 9.47 Å². The van der Waals surface area contributed by atoms with Crippen LogP contribution >= 0.6 is 0 Å². The summed E-state index contributed by atoms with van der Waals surface area (Å²) in [5.74, 6) is 1.72. The Kier molecular flexibility index (Phi) is 4.70. The number of hydrogen-bond donors (Lipinski definition) is 1. The molecule has 0 saturated heterocycles. The largest absolute Gasteiger partial charge is 0.493 e. The van der Waals surface area contributed by atoms with Gasteiger partial charge in [-0.3, -0.25) is 0 Å². The molecule has 1 aromatic carbocycles. The minimum Gasteiger partial charge on any atom is -0.493 e. The van der Waals surface area contributed by atoms with Gasteiger partial charge < -0.3 is 14.8 Å². The van der Waals surface area contributed by atoms with E-state index in [9.17, 15) is 0 Å².